The molecular formula is C17H24ClNO2. The molecule has 3 rings (SSSR count). The molecule has 2 bridgehead atoms. The summed E-state index contributed by atoms with van der Waals surface area (Å²) >= 11 is 6.22. The summed E-state index contributed by atoms with van der Waals surface area (Å²) in [5.74, 6) is 1.30. The molecule has 4 heteroatoms. The highest BCUT2D eigenvalue weighted by Gasteiger charge is 2.61. The zero-order valence-electron chi connectivity index (χ0n) is 13.0. The van der Waals surface area contributed by atoms with E-state index in [1.807, 2.05) is 18.2 Å². The standard InChI is InChI=1S/C17H24ClNO2/c1-11(2)17-8-7-16(3,21-17)15(9-17)20-14-6-4-5-13(18)12(14)10-19/h4-6,11,15H,7-10,19H2,1-3H3/t15-,16-,17+/m0/s1. The highest BCUT2D eigenvalue weighted by atomic mass is 35.5. The molecule has 2 fully saturated rings. The van der Waals surface area contributed by atoms with Gasteiger partial charge in [0, 0.05) is 23.6 Å². The molecule has 0 radical (unpaired) electrons. The normalized spacial score (nSPS) is 34.7. The summed E-state index contributed by atoms with van der Waals surface area (Å²) in [6.45, 7) is 7.02. The summed E-state index contributed by atoms with van der Waals surface area (Å²) in [6, 6.07) is 5.71. The Morgan fingerprint density at radius 3 is 2.81 bits per heavy atom. The van der Waals surface area contributed by atoms with Crippen LogP contribution in [0.2, 0.25) is 5.02 Å². The molecule has 0 aromatic heterocycles. The summed E-state index contributed by atoms with van der Waals surface area (Å²) in [5.41, 5.74) is 6.47. The van der Waals surface area contributed by atoms with Gasteiger partial charge in [0.2, 0.25) is 0 Å². The van der Waals surface area contributed by atoms with Crippen LogP contribution in [0.3, 0.4) is 0 Å². The van der Waals surface area contributed by atoms with Crippen molar-refractivity contribution < 1.29 is 9.47 Å². The maximum absolute atomic E-state index is 6.41. The number of fused-ring (bicyclic) bond motifs is 2. The topological polar surface area (TPSA) is 44.5 Å². The van der Waals surface area contributed by atoms with E-state index in [1.165, 1.54) is 0 Å². The highest BCUT2D eigenvalue weighted by molar-refractivity contribution is 6.31. The Labute approximate surface area is 131 Å². The van der Waals surface area contributed by atoms with Crippen LogP contribution in [0.25, 0.3) is 0 Å². The van der Waals surface area contributed by atoms with Crippen LogP contribution >= 0.6 is 11.6 Å². The molecule has 3 nitrogen and oxygen atoms in total. The molecule has 2 aliphatic heterocycles. The molecular weight excluding hydrogens is 286 g/mol. The molecule has 0 unspecified atom stereocenters. The van der Waals surface area contributed by atoms with Crippen molar-refractivity contribution in [2.75, 3.05) is 0 Å². The fraction of sp³-hybridized carbons (Fsp3) is 0.647. The van der Waals surface area contributed by atoms with Crippen molar-refractivity contribution in [1.82, 2.24) is 0 Å². The predicted molar refractivity (Wildman–Crippen MR) is 84.7 cm³/mol. The van der Waals surface area contributed by atoms with E-state index in [0.29, 0.717) is 17.5 Å². The van der Waals surface area contributed by atoms with Crippen LogP contribution in [0.5, 0.6) is 5.75 Å². The first kappa shape index (κ1) is 15.1. The molecule has 2 heterocycles. The Bertz CT molecular complexity index is 548. The van der Waals surface area contributed by atoms with Gasteiger partial charge in [-0.2, -0.15) is 0 Å². The lowest BCUT2D eigenvalue weighted by Gasteiger charge is -2.32. The average Bonchev–Trinajstić information content (AvgIpc) is 2.91. The van der Waals surface area contributed by atoms with Crippen molar-refractivity contribution in [2.24, 2.45) is 11.7 Å². The number of halogens is 1. The van der Waals surface area contributed by atoms with E-state index in [2.05, 4.69) is 20.8 Å². The van der Waals surface area contributed by atoms with Crippen molar-refractivity contribution in [3.05, 3.63) is 28.8 Å². The minimum Gasteiger partial charge on any atom is -0.487 e. The van der Waals surface area contributed by atoms with Gasteiger partial charge in [-0.15, -0.1) is 0 Å². The number of hydrogen-bond acceptors (Lipinski definition) is 3. The van der Waals surface area contributed by atoms with Gasteiger partial charge in [-0.3, -0.25) is 0 Å². The largest absolute Gasteiger partial charge is 0.487 e. The van der Waals surface area contributed by atoms with Gasteiger partial charge in [0.15, 0.2) is 0 Å². The van der Waals surface area contributed by atoms with E-state index in [0.717, 1.165) is 30.6 Å². The molecule has 1 aromatic rings. The van der Waals surface area contributed by atoms with Gasteiger partial charge >= 0.3 is 0 Å². The zero-order chi connectivity index (χ0) is 15.3. The van der Waals surface area contributed by atoms with E-state index in [9.17, 15) is 0 Å². The molecule has 21 heavy (non-hydrogen) atoms. The maximum atomic E-state index is 6.41. The third-order valence-corrected chi connectivity index (χ3v) is 5.65. The smallest absolute Gasteiger partial charge is 0.130 e. The summed E-state index contributed by atoms with van der Waals surface area (Å²) in [4.78, 5) is 0. The Hall–Kier alpha value is -0.770. The molecule has 2 aliphatic rings. The van der Waals surface area contributed by atoms with Crippen LogP contribution in [0.4, 0.5) is 0 Å². The van der Waals surface area contributed by atoms with Crippen LogP contribution in [0.1, 0.15) is 45.6 Å². The average molecular weight is 310 g/mol. The van der Waals surface area contributed by atoms with E-state index >= 15 is 0 Å². The molecule has 1 aromatic carbocycles. The minimum absolute atomic E-state index is 0.0269. The fourth-order valence-corrected chi connectivity index (χ4v) is 3.98. The molecule has 3 atom stereocenters. The number of rotatable bonds is 4. The summed E-state index contributed by atoms with van der Waals surface area (Å²) in [5, 5.41) is 0.669. The van der Waals surface area contributed by atoms with Crippen molar-refractivity contribution in [3.8, 4) is 5.75 Å². The summed E-state index contributed by atoms with van der Waals surface area (Å²) in [7, 11) is 0. The lowest BCUT2D eigenvalue weighted by Crippen LogP contribution is -2.40. The van der Waals surface area contributed by atoms with Gasteiger partial charge in [0.05, 0.1) is 5.60 Å². The van der Waals surface area contributed by atoms with E-state index < -0.39 is 0 Å². The Morgan fingerprint density at radius 1 is 1.43 bits per heavy atom. The van der Waals surface area contributed by atoms with Gasteiger partial charge in [0.1, 0.15) is 17.5 Å². The molecule has 2 N–H and O–H groups in total. The predicted octanol–water partition coefficient (Wildman–Crippen LogP) is 3.91. The van der Waals surface area contributed by atoms with Gasteiger partial charge < -0.3 is 15.2 Å². The van der Waals surface area contributed by atoms with Crippen LogP contribution in [0, 0.1) is 5.92 Å². The summed E-state index contributed by atoms with van der Waals surface area (Å²) < 4.78 is 12.7. The lowest BCUT2D eigenvalue weighted by molar-refractivity contribution is -0.0770. The highest BCUT2D eigenvalue weighted by Crippen LogP contribution is 2.55. The second-order valence-corrected chi connectivity index (χ2v) is 7.27. The SMILES string of the molecule is CC(C)[C@]12CC[C@](C)(O1)[C@@H](Oc1cccc(Cl)c1CN)C2. The monoisotopic (exact) mass is 309 g/mol. The van der Waals surface area contributed by atoms with Crippen LogP contribution in [-0.4, -0.2) is 17.3 Å². The van der Waals surface area contributed by atoms with Gasteiger partial charge in [-0.1, -0.05) is 31.5 Å². The number of benzene rings is 1. The van der Waals surface area contributed by atoms with E-state index in [4.69, 9.17) is 26.8 Å². The molecule has 0 saturated carbocycles. The second kappa shape index (κ2) is 5.15. The van der Waals surface area contributed by atoms with Crippen molar-refractivity contribution in [3.63, 3.8) is 0 Å². The lowest BCUT2D eigenvalue weighted by atomic mass is 9.75. The van der Waals surface area contributed by atoms with Gasteiger partial charge in [0.25, 0.3) is 0 Å². The number of nitrogens with two attached hydrogens (primary N) is 1. The Balaban J connectivity index is 1.86. The minimum atomic E-state index is -0.196. The second-order valence-electron chi connectivity index (χ2n) is 6.87. The first-order valence-electron chi connectivity index (χ1n) is 7.74. The van der Waals surface area contributed by atoms with E-state index in [1.54, 1.807) is 0 Å². The molecule has 0 aliphatic carbocycles. The number of hydrogen-bond donors (Lipinski definition) is 1. The van der Waals surface area contributed by atoms with Gasteiger partial charge in [-0.05, 0) is 37.8 Å². The molecule has 0 spiro atoms. The van der Waals surface area contributed by atoms with Crippen LogP contribution < -0.4 is 10.5 Å². The third-order valence-electron chi connectivity index (χ3n) is 5.29. The molecule has 116 valence electrons. The first-order chi connectivity index (χ1) is 9.90. The number of ether oxygens (including phenoxy) is 2. The van der Waals surface area contributed by atoms with Crippen LogP contribution in [-0.2, 0) is 11.3 Å². The Morgan fingerprint density at radius 2 is 2.19 bits per heavy atom. The summed E-state index contributed by atoms with van der Waals surface area (Å²) in [6.07, 6.45) is 3.18. The first-order valence-corrected chi connectivity index (χ1v) is 8.12. The maximum Gasteiger partial charge on any atom is 0.130 e. The molecule has 0 amide bonds. The van der Waals surface area contributed by atoms with Crippen molar-refractivity contribution in [1.29, 1.82) is 0 Å². The molecule has 2 saturated heterocycles. The van der Waals surface area contributed by atoms with Gasteiger partial charge in [-0.25, -0.2) is 0 Å². The fourth-order valence-electron chi connectivity index (χ4n) is 3.74. The third kappa shape index (κ3) is 2.36. The van der Waals surface area contributed by atoms with Crippen molar-refractivity contribution in [2.45, 2.75) is 63.9 Å². The quantitative estimate of drug-likeness (QED) is 0.917. The van der Waals surface area contributed by atoms with Crippen molar-refractivity contribution >= 4 is 11.6 Å². The zero-order valence-corrected chi connectivity index (χ0v) is 13.7. The van der Waals surface area contributed by atoms with Crippen LogP contribution in [0.15, 0.2) is 18.2 Å². The van der Waals surface area contributed by atoms with E-state index in [-0.39, 0.29) is 17.3 Å². The Kier molecular flexibility index (Phi) is 3.71.